The molecule has 1 saturated carbocycles. The van der Waals surface area contributed by atoms with Crippen LogP contribution in [0.2, 0.25) is 5.02 Å². The third-order valence-electron chi connectivity index (χ3n) is 10.1. The second-order valence-corrected chi connectivity index (χ2v) is 16.0. The van der Waals surface area contributed by atoms with E-state index in [1.54, 1.807) is 23.8 Å². The smallest absolute Gasteiger partial charge is 0.410 e. The molecule has 2 aromatic heterocycles. The van der Waals surface area contributed by atoms with Crippen LogP contribution in [-0.2, 0) is 14.3 Å². The van der Waals surface area contributed by atoms with E-state index in [9.17, 15) is 14.4 Å². The fourth-order valence-electron chi connectivity index (χ4n) is 7.35. The van der Waals surface area contributed by atoms with Crippen LogP contribution >= 0.6 is 11.6 Å². The van der Waals surface area contributed by atoms with Crippen LogP contribution < -0.4 is 20.5 Å². The zero-order chi connectivity index (χ0) is 36.5. The first-order valence-electron chi connectivity index (χ1n) is 18.2. The highest BCUT2D eigenvalue weighted by molar-refractivity contribution is 6.32. The zero-order valence-electron chi connectivity index (χ0n) is 30.7. The highest BCUT2D eigenvalue weighted by atomic mass is 35.5. The van der Waals surface area contributed by atoms with Gasteiger partial charge in [-0.15, -0.1) is 0 Å². The molecule has 276 valence electrons. The normalized spacial score (nSPS) is 18.3. The number of ketones is 1. The van der Waals surface area contributed by atoms with Crippen molar-refractivity contribution in [2.45, 2.75) is 110 Å². The molecule has 51 heavy (non-hydrogen) atoms. The third-order valence-corrected chi connectivity index (χ3v) is 10.4. The molecule has 12 nitrogen and oxygen atoms in total. The lowest BCUT2D eigenvalue weighted by Crippen LogP contribution is -2.60. The highest BCUT2D eigenvalue weighted by Gasteiger charge is 2.48. The minimum atomic E-state index is -0.471. The lowest BCUT2D eigenvalue weighted by Gasteiger charge is -2.53. The molecule has 2 saturated heterocycles. The van der Waals surface area contributed by atoms with E-state index >= 15 is 0 Å². The zero-order valence-corrected chi connectivity index (χ0v) is 31.4. The summed E-state index contributed by atoms with van der Waals surface area (Å²) in [6, 6.07) is 7.26. The molecule has 1 N–H and O–H groups in total. The number of benzene rings is 1. The Kier molecular flexibility index (Phi) is 10.8. The number of piperidine rings is 1. The number of rotatable bonds is 10. The van der Waals surface area contributed by atoms with Crippen molar-refractivity contribution in [1.82, 2.24) is 19.4 Å². The SMILES string of the molecule is CCC(=O)COc1cc2cc(Nc3nc(N4CCC(OC5CCC6(CC5)CN(C(=O)OC(C)(C)C)C6)CC4)ncc3Cl)ccc2n(C(C)C)c1=O. The van der Waals surface area contributed by atoms with E-state index in [1.165, 1.54) is 0 Å². The van der Waals surface area contributed by atoms with Crippen LogP contribution in [0.25, 0.3) is 10.9 Å². The predicted octanol–water partition coefficient (Wildman–Crippen LogP) is 7.29. The molecule has 1 aromatic carbocycles. The Hall–Kier alpha value is -3.90. The van der Waals surface area contributed by atoms with Gasteiger partial charge in [0, 0.05) is 55.1 Å². The second-order valence-electron chi connectivity index (χ2n) is 15.6. The minimum Gasteiger partial charge on any atom is -0.480 e. The van der Waals surface area contributed by atoms with Gasteiger partial charge in [0.15, 0.2) is 17.4 Å². The Balaban J connectivity index is 1.04. The number of hydrogen-bond donors (Lipinski definition) is 1. The molecule has 1 spiro atoms. The number of amides is 1. The van der Waals surface area contributed by atoms with Gasteiger partial charge in [0.25, 0.3) is 5.56 Å². The number of hydrogen-bond acceptors (Lipinski definition) is 10. The standard InChI is InChI=1S/C38H51ClN6O6/c1-7-27(46)21-49-32-19-25-18-26(8-9-31(25)45(24(2)3)34(32)47)41-33-30(39)20-40-35(42-33)43-16-12-29(13-17-43)50-28-10-14-38(15-11-28)22-44(23-38)36(48)51-37(4,5)6/h8-9,18-20,24,28-29H,7,10-17,21-23H2,1-6H3,(H,40,41,42). The quantitative estimate of drug-likeness (QED) is 0.228. The van der Waals surface area contributed by atoms with Gasteiger partial charge in [-0.2, -0.15) is 4.98 Å². The molecule has 6 rings (SSSR count). The van der Waals surface area contributed by atoms with Gasteiger partial charge < -0.3 is 33.9 Å². The molecule has 3 fully saturated rings. The molecule has 3 aromatic rings. The molecule has 0 bridgehead atoms. The van der Waals surface area contributed by atoms with Gasteiger partial charge in [0.05, 0.1) is 23.9 Å². The molecule has 0 radical (unpaired) electrons. The fraction of sp³-hybridized carbons (Fsp3) is 0.605. The third kappa shape index (κ3) is 8.60. The number of carbonyl (C=O) groups excluding carboxylic acids is 2. The average molecular weight is 723 g/mol. The first-order valence-corrected chi connectivity index (χ1v) is 18.6. The van der Waals surface area contributed by atoms with Crippen molar-refractivity contribution in [2.75, 3.05) is 43.0 Å². The van der Waals surface area contributed by atoms with Crippen molar-refractivity contribution in [3.63, 3.8) is 0 Å². The number of halogens is 1. The largest absolute Gasteiger partial charge is 0.480 e. The van der Waals surface area contributed by atoms with Crippen molar-refractivity contribution < 1.29 is 23.8 Å². The number of nitrogens with zero attached hydrogens (tertiary/aromatic N) is 5. The molecule has 4 heterocycles. The van der Waals surface area contributed by atoms with E-state index in [0.29, 0.717) is 23.2 Å². The van der Waals surface area contributed by atoms with Crippen molar-refractivity contribution in [3.05, 3.63) is 45.8 Å². The van der Waals surface area contributed by atoms with Crippen LogP contribution in [0.3, 0.4) is 0 Å². The lowest BCUT2D eigenvalue weighted by atomic mass is 9.68. The molecule has 1 amide bonds. The van der Waals surface area contributed by atoms with Crippen molar-refractivity contribution in [3.8, 4) is 5.75 Å². The van der Waals surface area contributed by atoms with Crippen LogP contribution in [0.5, 0.6) is 5.75 Å². The molecule has 0 atom stereocenters. The summed E-state index contributed by atoms with van der Waals surface area (Å²) in [6.07, 6.45) is 8.17. The highest BCUT2D eigenvalue weighted by Crippen LogP contribution is 2.45. The number of aromatic nitrogens is 3. The van der Waals surface area contributed by atoms with Crippen LogP contribution in [0.15, 0.2) is 35.3 Å². The van der Waals surface area contributed by atoms with E-state index in [2.05, 4.69) is 15.2 Å². The topological polar surface area (TPSA) is 128 Å². The number of carbonyl (C=O) groups is 2. The number of anilines is 3. The van der Waals surface area contributed by atoms with Gasteiger partial charge in [0.2, 0.25) is 5.95 Å². The van der Waals surface area contributed by atoms with Crippen molar-refractivity contribution in [2.24, 2.45) is 5.41 Å². The maximum atomic E-state index is 13.2. The predicted molar refractivity (Wildman–Crippen MR) is 199 cm³/mol. The number of pyridine rings is 1. The van der Waals surface area contributed by atoms with Crippen LogP contribution in [0.4, 0.5) is 22.2 Å². The first kappa shape index (κ1) is 36.9. The van der Waals surface area contributed by atoms with E-state index in [1.807, 2.05) is 57.7 Å². The fourth-order valence-corrected chi connectivity index (χ4v) is 7.49. The van der Waals surface area contributed by atoms with Gasteiger partial charge >= 0.3 is 6.09 Å². The van der Waals surface area contributed by atoms with Gasteiger partial charge in [-0.3, -0.25) is 9.59 Å². The molecular weight excluding hydrogens is 672 g/mol. The van der Waals surface area contributed by atoms with E-state index in [-0.39, 0.29) is 53.5 Å². The Morgan fingerprint density at radius 1 is 1.06 bits per heavy atom. The molecular formula is C38H51ClN6O6. The van der Waals surface area contributed by atoms with Crippen LogP contribution in [0, 0.1) is 5.41 Å². The summed E-state index contributed by atoms with van der Waals surface area (Å²) in [5, 5.41) is 4.51. The minimum absolute atomic E-state index is 0.0753. The van der Waals surface area contributed by atoms with Gasteiger partial charge in [-0.25, -0.2) is 9.78 Å². The molecule has 13 heteroatoms. The van der Waals surface area contributed by atoms with Crippen molar-refractivity contribution in [1.29, 1.82) is 0 Å². The summed E-state index contributed by atoms with van der Waals surface area (Å²) in [5.74, 6) is 1.15. The molecule has 1 aliphatic carbocycles. The van der Waals surface area contributed by atoms with Gasteiger partial charge in [0.1, 0.15) is 17.2 Å². The average Bonchev–Trinajstić information content (AvgIpc) is 3.07. The van der Waals surface area contributed by atoms with Crippen LogP contribution in [0.1, 0.15) is 92.5 Å². The number of fused-ring (bicyclic) bond motifs is 1. The van der Waals surface area contributed by atoms with E-state index in [4.69, 9.17) is 30.8 Å². The van der Waals surface area contributed by atoms with Gasteiger partial charge in [-0.05, 0) is 97.4 Å². The molecule has 3 aliphatic rings. The maximum absolute atomic E-state index is 13.2. The summed E-state index contributed by atoms with van der Waals surface area (Å²) < 4.78 is 19.5. The number of likely N-dealkylation sites (tertiary alicyclic amines) is 1. The van der Waals surface area contributed by atoms with Crippen LogP contribution in [-0.4, -0.2) is 81.9 Å². The number of Topliss-reactive ketones (excluding diaryl/α,β-unsaturated/α-hetero) is 1. The molecule has 0 unspecified atom stereocenters. The first-order chi connectivity index (χ1) is 24.2. The van der Waals surface area contributed by atoms with E-state index < -0.39 is 5.60 Å². The summed E-state index contributed by atoms with van der Waals surface area (Å²) >= 11 is 6.57. The van der Waals surface area contributed by atoms with Gasteiger partial charge in [-0.1, -0.05) is 18.5 Å². The number of ether oxygens (including phenoxy) is 3. The summed E-state index contributed by atoms with van der Waals surface area (Å²) in [7, 11) is 0. The summed E-state index contributed by atoms with van der Waals surface area (Å²) in [4.78, 5) is 50.8. The molecule has 2 aliphatic heterocycles. The monoisotopic (exact) mass is 722 g/mol. The lowest BCUT2D eigenvalue weighted by molar-refractivity contribution is -0.120. The van der Waals surface area contributed by atoms with E-state index in [0.717, 1.165) is 81.3 Å². The number of nitrogens with one attached hydrogen (secondary N) is 1. The second kappa shape index (κ2) is 15.0. The van der Waals surface area contributed by atoms with Crippen molar-refractivity contribution >= 4 is 51.8 Å². The maximum Gasteiger partial charge on any atom is 0.410 e. The summed E-state index contributed by atoms with van der Waals surface area (Å²) in [5.41, 5.74) is 0.970. The Bertz CT molecular complexity index is 1800. The Morgan fingerprint density at radius 2 is 1.75 bits per heavy atom. The summed E-state index contributed by atoms with van der Waals surface area (Å²) in [6.45, 7) is 14.3. The Morgan fingerprint density at radius 3 is 2.39 bits per heavy atom. The Labute approximate surface area is 304 Å².